The largest absolute Gasteiger partial charge is 0.384 e. The van der Waals surface area contributed by atoms with Gasteiger partial charge in [0.25, 0.3) is 5.56 Å². The number of aromatic nitrogens is 2. The van der Waals surface area contributed by atoms with Gasteiger partial charge in [0.2, 0.25) is 0 Å². The average Bonchev–Trinajstić information content (AvgIpc) is 2.87. The van der Waals surface area contributed by atoms with Gasteiger partial charge in [0.1, 0.15) is 29.0 Å². The number of aromatic amines is 1. The Morgan fingerprint density at radius 3 is 2.67 bits per heavy atom. The lowest BCUT2D eigenvalue weighted by molar-refractivity contribution is -0.0355. The summed E-state index contributed by atoms with van der Waals surface area (Å²) >= 11 is 6.94. The normalized spacial score (nSPS) is 13.8. The number of fused-ring (bicyclic) bond motifs is 2. The fraction of sp³-hybridized carbons (Fsp3) is 0.120. The van der Waals surface area contributed by atoms with Crippen LogP contribution in [0.25, 0.3) is 22.3 Å². The van der Waals surface area contributed by atoms with Crippen LogP contribution in [-0.2, 0) is 0 Å². The molecule has 0 fully saturated rings. The number of amidine groups is 1. The first-order chi connectivity index (χ1) is 17.3. The number of H-pyrrole nitrogens is 1. The summed E-state index contributed by atoms with van der Waals surface area (Å²) in [4.78, 5) is 33.6. The summed E-state index contributed by atoms with van der Waals surface area (Å²) in [5, 5.41) is 23.6. The second kappa shape index (κ2) is 8.99. The standard InChI is InChI=1S/C25H22ClN7O3/c1-13(31-24-19-17(34)10-11-29-23(19)30-12-32(24)36)21-20(26)15-8-5-9-16(22(27)28)18(15)25(35)33(21)14-6-3-2-4-7-14/h2-11,13,31,36H,12H2,1H3,(H3,27,28)(H,29,30). The first-order valence-corrected chi connectivity index (χ1v) is 11.4. The Hall–Kier alpha value is -4.41. The molecule has 4 aromatic rings. The van der Waals surface area contributed by atoms with E-state index in [1.165, 1.54) is 16.8 Å². The number of benzene rings is 2. The second-order valence-electron chi connectivity index (χ2n) is 8.30. The number of hydrogen-bond donors (Lipinski definition) is 5. The summed E-state index contributed by atoms with van der Waals surface area (Å²) in [5.41, 5.74) is 6.61. The van der Waals surface area contributed by atoms with Gasteiger partial charge in [0, 0.05) is 28.9 Å². The van der Waals surface area contributed by atoms with Crippen LogP contribution < -0.4 is 32.7 Å². The Morgan fingerprint density at radius 1 is 1.19 bits per heavy atom. The van der Waals surface area contributed by atoms with E-state index in [1.54, 1.807) is 49.4 Å². The number of rotatable bonds is 5. The molecule has 5 rings (SSSR count). The lowest BCUT2D eigenvalue weighted by atomic mass is 10.0. The number of nitrogens with two attached hydrogens (primary N) is 1. The molecule has 0 bridgehead atoms. The van der Waals surface area contributed by atoms with Gasteiger partial charge >= 0.3 is 0 Å². The molecule has 1 atom stereocenters. The van der Waals surface area contributed by atoms with Crippen LogP contribution in [0.3, 0.4) is 0 Å². The first-order valence-electron chi connectivity index (χ1n) is 11.1. The highest BCUT2D eigenvalue weighted by Crippen LogP contribution is 2.32. The molecule has 3 heterocycles. The molecule has 11 heteroatoms. The maximum atomic E-state index is 13.9. The van der Waals surface area contributed by atoms with E-state index in [0.717, 1.165) is 5.06 Å². The van der Waals surface area contributed by atoms with E-state index in [-0.39, 0.29) is 44.9 Å². The zero-order valence-electron chi connectivity index (χ0n) is 19.1. The van der Waals surface area contributed by atoms with Gasteiger partial charge in [-0.25, -0.2) is 10.1 Å². The summed E-state index contributed by atoms with van der Waals surface area (Å²) in [6.45, 7) is 1.67. The van der Waals surface area contributed by atoms with Crippen molar-refractivity contribution in [1.82, 2.24) is 19.9 Å². The molecule has 0 amide bonds. The van der Waals surface area contributed by atoms with Crippen molar-refractivity contribution in [3.05, 3.63) is 108 Å². The molecule has 0 saturated heterocycles. The quantitative estimate of drug-likeness (QED) is 0.204. The van der Waals surface area contributed by atoms with Crippen LogP contribution in [0.15, 0.2) is 75.4 Å². The Kier molecular flexibility index (Phi) is 5.83. The zero-order chi connectivity index (χ0) is 25.6. The Bertz CT molecular complexity index is 1760. The minimum atomic E-state index is -0.661. The van der Waals surface area contributed by atoms with Gasteiger partial charge in [-0.3, -0.25) is 24.8 Å². The van der Waals surface area contributed by atoms with Crippen molar-refractivity contribution >= 4 is 34.0 Å². The third-order valence-corrected chi connectivity index (χ3v) is 6.44. The van der Waals surface area contributed by atoms with E-state index in [0.29, 0.717) is 22.3 Å². The molecule has 0 aliphatic carbocycles. The number of para-hydroxylation sites is 1. The molecule has 1 unspecified atom stereocenters. The molecule has 6 N–H and O–H groups in total. The van der Waals surface area contributed by atoms with Crippen molar-refractivity contribution in [1.29, 1.82) is 5.41 Å². The summed E-state index contributed by atoms with van der Waals surface area (Å²) in [5.74, 6) is -0.115. The van der Waals surface area contributed by atoms with Gasteiger partial charge < -0.3 is 16.0 Å². The molecule has 1 aliphatic heterocycles. The van der Waals surface area contributed by atoms with Crippen molar-refractivity contribution in [2.75, 3.05) is 6.67 Å². The third-order valence-electron chi connectivity index (χ3n) is 6.05. The monoisotopic (exact) mass is 503 g/mol. The fourth-order valence-electron chi connectivity index (χ4n) is 4.44. The van der Waals surface area contributed by atoms with Crippen molar-refractivity contribution in [3.63, 3.8) is 0 Å². The Balaban J connectivity index is 1.82. The molecule has 182 valence electrons. The maximum Gasteiger partial charge on any atom is 0.264 e. The van der Waals surface area contributed by atoms with Crippen LogP contribution in [0, 0.1) is 5.41 Å². The van der Waals surface area contributed by atoms with Crippen molar-refractivity contribution in [3.8, 4) is 5.69 Å². The highest BCUT2D eigenvalue weighted by atomic mass is 35.5. The van der Waals surface area contributed by atoms with Crippen LogP contribution in [0.4, 0.5) is 0 Å². The van der Waals surface area contributed by atoms with Crippen LogP contribution in [0.5, 0.6) is 0 Å². The van der Waals surface area contributed by atoms with E-state index in [2.05, 4.69) is 15.3 Å². The minimum Gasteiger partial charge on any atom is -0.384 e. The summed E-state index contributed by atoms with van der Waals surface area (Å²) in [6, 6.07) is 14.6. The first kappa shape index (κ1) is 23.3. The lowest BCUT2D eigenvalue weighted by Crippen LogP contribution is -2.52. The minimum absolute atomic E-state index is 0.0963. The number of hydrogen-bond acceptors (Lipinski definition) is 7. The Morgan fingerprint density at radius 2 is 1.94 bits per heavy atom. The SMILES string of the molecule is CC(NC1=c2c(=O)cc[nH]c2=NCN1O)c1c(Cl)c2cccc(C(=N)N)c2c(=O)n1-c1ccccc1. The maximum absolute atomic E-state index is 13.9. The van der Waals surface area contributed by atoms with E-state index < -0.39 is 11.6 Å². The smallest absolute Gasteiger partial charge is 0.264 e. The summed E-state index contributed by atoms with van der Waals surface area (Å²) in [6.07, 6.45) is 1.48. The van der Waals surface area contributed by atoms with Crippen LogP contribution in [0.2, 0.25) is 5.02 Å². The molecular formula is C25H22ClN7O3. The fourth-order valence-corrected chi connectivity index (χ4v) is 4.85. The number of nitrogens with zero attached hydrogens (tertiary/aromatic N) is 3. The highest BCUT2D eigenvalue weighted by Gasteiger charge is 2.25. The summed E-state index contributed by atoms with van der Waals surface area (Å²) in [7, 11) is 0. The molecule has 0 saturated carbocycles. The van der Waals surface area contributed by atoms with Crippen LogP contribution in [-0.4, -0.2) is 32.3 Å². The molecule has 10 nitrogen and oxygen atoms in total. The number of nitrogen functional groups attached to an aromatic ring is 1. The van der Waals surface area contributed by atoms with Crippen LogP contribution in [0.1, 0.15) is 24.2 Å². The molecule has 36 heavy (non-hydrogen) atoms. The number of halogens is 1. The molecular weight excluding hydrogens is 482 g/mol. The molecule has 0 spiro atoms. The van der Waals surface area contributed by atoms with E-state index >= 15 is 0 Å². The van der Waals surface area contributed by atoms with Gasteiger partial charge in [-0.05, 0) is 19.1 Å². The molecule has 0 radical (unpaired) electrons. The topological polar surface area (TPSA) is 153 Å². The van der Waals surface area contributed by atoms with E-state index in [4.69, 9.17) is 22.7 Å². The van der Waals surface area contributed by atoms with E-state index in [9.17, 15) is 14.8 Å². The number of pyridine rings is 2. The van der Waals surface area contributed by atoms with E-state index in [1.807, 2.05) is 6.07 Å². The van der Waals surface area contributed by atoms with Crippen molar-refractivity contribution in [2.45, 2.75) is 13.0 Å². The van der Waals surface area contributed by atoms with Gasteiger partial charge in [-0.1, -0.05) is 48.0 Å². The third kappa shape index (κ3) is 3.72. The van der Waals surface area contributed by atoms with Crippen molar-refractivity contribution < 1.29 is 5.21 Å². The Labute approximate surface area is 209 Å². The van der Waals surface area contributed by atoms with Gasteiger partial charge in [0.05, 0.1) is 22.1 Å². The highest BCUT2D eigenvalue weighted by molar-refractivity contribution is 6.36. The lowest BCUT2D eigenvalue weighted by Gasteiger charge is -2.28. The second-order valence-corrected chi connectivity index (χ2v) is 8.67. The molecule has 2 aromatic heterocycles. The van der Waals surface area contributed by atoms with Gasteiger partial charge in [0.15, 0.2) is 5.43 Å². The molecule has 2 aromatic carbocycles. The zero-order valence-corrected chi connectivity index (χ0v) is 19.9. The van der Waals surface area contributed by atoms with Gasteiger partial charge in [-0.2, -0.15) is 0 Å². The molecule has 1 aliphatic rings. The predicted molar refractivity (Wildman–Crippen MR) is 137 cm³/mol. The van der Waals surface area contributed by atoms with Gasteiger partial charge in [-0.15, -0.1) is 0 Å². The average molecular weight is 504 g/mol. The van der Waals surface area contributed by atoms with Crippen molar-refractivity contribution in [2.24, 2.45) is 10.7 Å². The predicted octanol–water partition coefficient (Wildman–Crippen LogP) is 1.31. The van der Waals surface area contributed by atoms with Crippen LogP contribution >= 0.6 is 11.6 Å². The number of nitrogens with one attached hydrogen (secondary N) is 3. The summed E-state index contributed by atoms with van der Waals surface area (Å²) < 4.78 is 1.46. The number of hydroxylamine groups is 2.